The molecule has 0 unspecified atom stereocenters. The predicted molar refractivity (Wildman–Crippen MR) is 99.9 cm³/mol. The van der Waals surface area contributed by atoms with Crippen LogP contribution in [0.4, 0.5) is 0 Å². The number of nitrogens with zero attached hydrogens (tertiary/aromatic N) is 2. The lowest BCUT2D eigenvalue weighted by Crippen LogP contribution is -2.27. The number of amides is 1. The Bertz CT molecular complexity index is 865. The van der Waals surface area contributed by atoms with Gasteiger partial charge < -0.3 is 5.32 Å². The molecule has 0 aliphatic heterocycles. The van der Waals surface area contributed by atoms with Crippen LogP contribution in [-0.2, 0) is 26.8 Å². The van der Waals surface area contributed by atoms with Gasteiger partial charge in [-0.05, 0) is 23.5 Å². The summed E-state index contributed by atoms with van der Waals surface area (Å²) in [6.07, 6.45) is 2.68. The van der Waals surface area contributed by atoms with Gasteiger partial charge in [-0.3, -0.25) is 9.48 Å². The Morgan fingerprint density at radius 2 is 1.88 bits per heavy atom. The summed E-state index contributed by atoms with van der Waals surface area (Å²) in [4.78, 5) is 12.1. The summed E-state index contributed by atoms with van der Waals surface area (Å²) >= 11 is 0. The van der Waals surface area contributed by atoms with Gasteiger partial charge in [-0.15, -0.1) is 0 Å². The first-order chi connectivity index (χ1) is 12.0. The normalized spacial score (nSPS) is 13.4. The minimum absolute atomic E-state index is 0.0646. The highest BCUT2D eigenvalue weighted by molar-refractivity contribution is 7.89. The predicted octanol–water partition coefficient (Wildman–Crippen LogP) is 2.10. The summed E-state index contributed by atoms with van der Waals surface area (Å²) in [5, 5.41) is 11.9. The zero-order chi connectivity index (χ0) is 19.5. The maximum absolute atomic E-state index is 12.1. The Hall–Kier alpha value is -2.19. The molecule has 1 heterocycles. The molecule has 0 bridgehead atoms. The average Bonchev–Trinajstić information content (AvgIpc) is 3.01. The van der Waals surface area contributed by atoms with E-state index >= 15 is 0 Å². The van der Waals surface area contributed by atoms with Crippen LogP contribution >= 0.6 is 0 Å². The summed E-state index contributed by atoms with van der Waals surface area (Å²) in [5.74, 6) is -0.134. The SMILES string of the molecule is C[C@@H](NC(=O)CCn1cc(S(N)(=O)=O)cn1)c1ccc(C(C)(C)C)cc1. The molecule has 2 rings (SSSR count). The van der Waals surface area contributed by atoms with Crippen molar-refractivity contribution in [2.24, 2.45) is 5.14 Å². The minimum Gasteiger partial charge on any atom is -0.350 e. The van der Waals surface area contributed by atoms with Crippen LogP contribution in [0.1, 0.15) is 51.3 Å². The van der Waals surface area contributed by atoms with Crippen molar-refractivity contribution in [3.63, 3.8) is 0 Å². The molecular formula is C18H26N4O3S. The van der Waals surface area contributed by atoms with Crippen molar-refractivity contribution in [2.45, 2.75) is 57.0 Å². The van der Waals surface area contributed by atoms with Crippen molar-refractivity contribution in [3.05, 3.63) is 47.8 Å². The zero-order valence-corrected chi connectivity index (χ0v) is 16.4. The number of primary sulfonamides is 1. The molecule has 2 aromatic rings. The third kappa shape index (κ3) is 5.40. The van der Waals surface area contributed by atoms with Gasteiger partial charge in [0.15, 0.2) is 0 Å². The van der Waals surface area contributed by atoms with Crippen molar-refractivity contribution in [3.8, 4) is 0 Å². The highest BCUT2D eigenvalue weighted by Gasteiger charge is 2.15. The maximum atomic E-state index is 12.1. The first-order valence-corrected chi connectivity index (χ1v) is 9.96. The molecule has 7 nitrogen and oxygen atoms in total. The summed E-state index contributed by atoms with van der Waals surface area (Å²) in [6.45, 7) is 8.67. The molecule has 0 radical (unpaired) electrons. The van der Waals surface area contributed by atoms with E-state index in [9.17, 15) is 13.2 Å². The summed E-state index contributed by atoms with van der Waals surface area (Å²) < 4.78 is 23.8. The largest absolute Gasteiger partial charge is 0.350 e. The fraction of sp³-hybridized carbons (Fsp3) is 0.444. The summed E-state index contributed by atoms with van der Waals surface area (Å²) in [6, 6.07) is 8.09. The number of nitrogens with one attached hydrogen (secondary N) is 1. The van der Waals surface area contributed by atoms with Gasteiger partial charge in [0.2, 0.25) is 15.9 Å². The Labute approximate surface area is 154 Å². The van der Waals surface area contributed by atoms with Crippen molar-refractivity contribution in [2.75, 3.05) is 0 Å². The lowest BCUT2D eigenvalue weighted by atomic mass is 9.86. The molecule has 1 aromatic carbocycles. The van der Waals surface area contributed by atoms with E-state index in [0.717, 1.165) is 5.56 Å². The van der Waals surface area contributed by atoms with Crippen LogP contribution in [0, 0.1) is 0 Å². The Kier molecular flexibility index (Phi) is 5.87. The number of hydrogen-bond donors (Lipinski definition) is 2. The van der Waals surface area contributed by atoms with Gasteiger partial charge in [-0.25, -0.2) is 13.6 Å². The number of rotatable bonds is 6. The van der Waals surface area contributed by atoms with E-state index in [4.69, 9.17) is 5.14 Å². The van der Waals surface area contributed by atoms with Crippen molar-refractivity contribution < 1.29 is 13.2 Å². The monoisotopic (exact) mass is 378 g/mol. The van der Waals surface area contributed by atoms with E-state index in [2.05, 4.69) is 43.3 Å². The number of carbonyl (C=O) groups excluding carboxylic acids is 1. The van der Waals surface area contributed by atoms with Gasteiger partial charge in [-0.1, -0.05) is 45.0 Å². The molecule has 1 amide bonds. The Morgan fingerprint density at radius 3 is 2.38 bits per heavy atom. The lowest BCUT2D eigenvalue weighted by Gasteiger charge is -2.20. The minimum atomic E-state index is -3.77. The third-order valence-corrected chi connectivity index (χ3v) is 5.03. The number of nitrogens with two attached hydrogens (primary N) is 1. The second-order valence-electron chi connectivity index (χ2n) is 7.40. The molecule has 0 spiro atoms. The number of aryl methyl sites for hydroxylation is 1. The van der Waals surface area contributed by atoms with E-state index in [1.54, 1.807) is 0 Å². The number of hydrogen-bond acceptors (Lipinski definition) is 4. The van der Waals surface area contributed by atoms with Crippen LogP contribution in [0.15, 0.2) is 41.6 Å². The standard InChI is InChI=1S/C18H26N4O3S/c1-13(14-5-7-15(8-6-14)18(2,3)4)21-17(23)9-10-22-12-16(11-20-22)26(19,24)25/h5-8,11-13H,9-10H2,1-4H3,(H,21,23)(H2,19,24,25)/t13-/m1/s1. The van der Waals surface area contributed by atoms with Crippen molar-refractivity contribution in [1.29, 1.82) is 0 Å². The van der Waals surface area contributed by atoms with E-state index in [1.807, 2.05) is 19.1 Å². The van der Waals surface area contributed by atoms with Gasteiger partial charge in [0.1, 0.15) is 4.90 Å². The highest BCUT2D eigenvalue weighted by Crippen LogP contribution is 2.23. The number of aromatic nitrogens is 2. The molecule has 0 saturated carbocycles. The van der Waals surface area contributed by atoms with Gasteiger partial charge in [0.25, 0.3) is 0 Å². The molecule has 0 aliphatic carbocycles. The molecule has 3 N–H and O–H groups in total. The Balaban J connectivity index is 1.90. The van der Waals surface area contributed by atoms with Crippen LogP contribution in [0.3, 0.4) is 0 Å². The second-order valence-corrected chi connectivity index (χ2v) is 8.96. The van der Waals surface area contributed by atoms with Crippen LogP contribution in [0.5, 0.6) is 0 Å². The topological polar surface area (TPSA) is 107 Å². The molecule has 0 aliphatic rings. The smallest absolute Gasteiger partial charge is 0.241 e. The highest BCUT2D eigenvalue weighted by atomic mass is 32.2. The van der Waals surface area contributed by atoms with E-state index in [1.165, 1.54) is 22.6 Å². The lowest BCUT2D eigenvalue weighted by molar-refractivity contribution is -0.122. The zero-order valence-electron chi connectivity index (χ0n) is 15.6. The molecular weight excluding hydrogens is 352 g/mol. The van der Waals surface area contributed by atoms with E-state index < -0.39 is 10.0 Å². The summed E-state index contributed by atoms with van der Waals surface area (Å²) in [7, 11) is -3.77. The van der Waals surface area contributed by atoms with Crippen LogP contribution in [0.2, 0.25) is 0 Å². The van der Waals surface area contributed by atoms with E-state index in [-0.39, 0.29) is 35.2 Å². The van der Waals surface area contributed by atoms with Gasteiger partial charge in [0.05, 0.1) is 12.2 Å². The molecule has 0 fully saturated rings. The second kappa shape index (κ2) is 7.59. The number of benzene rings is 1. The Morgan fingerprint density at radius 1 is 1.27 bits per heavy atom. The van der Waals surface area contributed by atoms with Crippen LogP contribution < -0.4 is 10.5 Å². The summed E-state index contributed by atoms with van der Waals surface area (Å²) in [5.41, 5.74) is 2.36. The molecule has 26 heavy (non-hydrogen) atoms. The van der Waals surface area contributed by atoms with Crippen LogP contribution in [-0.4, -0.2) is 24.1 Å². The van der Waals surface area contributed by atoms with Crippen molar-refractivity contribution >= 4 is 15.9 Å². The van der Waals surface area contributed by atoms with Gasteiger partial charge in [-0.2, -0.15) is 5.10 Å². The van der Waals surface area contributed by atoms with Crippen molar-refractivity contribution in [1.82, 2.24) is 15.1 Å². The molecule has 1 atom stereocenters. The molecule has 8 heteroatoms. The van der Waals surface area contributed by atoms with Gasteiger partial charge >= 0.3 is 0 Å². The van der Waals surface area contributed by atoms with Gasteiger partial charge in [0, 0.05) is 19.2 Å². The first-order valence-electron chi connectivity index (χ1n) is 8.42. The third-order valence-electron chi connectivity index (χ3n) is 4.16. The van der Waals surface area contributed by atoms with Crippen LogP contribution in [0.25, 0.3) is 0 Å². The average molecular weight is 378 g/mol. The molecule has 1 aromatic heterocycles. The fourth-order valence-electron chi connectivity index (χ4n) is 2.50. The fourth-order valence-corrected chi connectivity index (χ4v) is 2.96. The quantitative estimate of drug-likeness (QED) is 0.802. The maximum Gasteiger partial charge on any atom is 0.241 e. The van der Waals surface area contributed by atoms with E-state index in [0.29, 0.717) is 0 Å². The molecule has 142 valence electrons. The first kappa shape index (κ1) is 20.1. The molecule has 0 saturated heterocycles. The number of sulfonamides is 1. The number of carbonyl (C=O) groups is 1.